The second-order valence-corrected chi connectivity index (χ2v) is 5.16. The van der Waals surface area contributed by atoms with E-state index in [-0.39, 0.29) is 17.6 Å². The Morgan fingerprint density at radius 2 is 2.17 bits per heavy atom. The maximum Gasteiger partial charge on any atom is 0.165 e. The van der Waals surface area contributed by atoms with E-state index in [9.17, 15) is 4.39 Å². The van der Waals surface area contributed by atoms with E-state index in [0.29, 0.717) is 12.2 Å². The number of ether oxygens (including phenoxy) is 1. The third-order valence-corrected chi connectivity index (χ3v) is 3.60. The van der Waals surface area contributed by atoms with Gasteiger partial charge in [-0.25, -0.2) is 4.39 Å². The summed E-state index contributed by atoms with van der Waals surface area (Å²) in [6, 6.07) is 8.65. The fourth-order valence-corrected chi connectivity index (χ4v) is 2.44. The van der Waals surface area contributed by atoms with Crippen LogP contribution >= 0.6 is 11.3 Å². The molecule has 0 aliphatic rings. The van der Waals surface area contributed by atoms with Crippen molar-refractivity contribution in [1.82, 2.24) is 0 Å². The number of para-hydroxylation sites is 1. The van der Waals surface area contributed by atoms with Crippen LogP contribution in [0.4, 0.5) is 4.39 Å². The van der Waals surface area contributed by atoms with Gasteiger partial charge in [-0.05, 0) is 24.4 Å². The van der Waals surface area contributed by atoms with Crippen molar-refractivity contribution in [3.8, 4) is 5.75 Å². The average Bonchev–Trinajstić information content (AvgIpc) is 2.84. The molecule has 0 spiro atoms. The smallest absolute Gasteiger partial charge is 0.165 e. The zero-order chi connectivity index (χ0) is 13.0. The van der Waals surface area contributed by atoms with Crippen LogP contribution in [0.1, 0.15) is 23.4 Å². The number of hydrogen-bond acceptors (Lipinski definition) is 3. The van der Waals surface area contributed by atoms with Crippen LogP contribution in [0.15, 0.2) is 35.7 Å². The minimum absolute atomic E-state index is 0.238. The molecule has 96 valence electrons. The van der Waals surface area contributed by atoms with Crippen molar-refractivity contribution in [3.05, 3.63) is 52.0 Å². The highest BCUT2D eigenvalue weighted by Gasteiger charge is 2.12. The van der Waals surface area contributed by atoms with Crippen LogP contribution in [-0.2, 0) is 6.42 Å². The van der Waals surface area contributed by atoms with Gasteiger partial charge >= 0.3 is 0 Å². The fourth-order valence-electron chi connectivity index (χ4n) is 1.74. The van der Waals surface area contributed by atoms with Gasteiger partial charge in [0.2, 0.25) is 0 Å². The molecule has 0 unspecified atom stereocenters. The molecule has 1 heterocycles. The lowest BCUT2D eigenvalue weighted by Gasteiger charge is -2.14. The monoisotopic (exact) mass is 265 g/mol. The number of benzene rings is 1. The van der Waals surface area contributed by atoms with Gasteiger partial charge in [-0.2, -0.15) is 0 Å². The molecule has 2 aromatic rings. The van der Waals surface area contributed by atoms with E-state index in [0.717, 1.165) is 6.42 Å². The molecular formula is C14H16FNOS. The molecule has 18 heavy (non-hydrogen) atoms. The van der Waals surface area contributed by atoms with Crippen molar-refractivity contribution < 1.29 is 9.13 Å². The van der Waals surface area contributed by atoms with Gasteiger partial charge in [0.1, 0.15) is 0 Å². The molecule has 4 heteroatoms. The Morgan fingerprint density at radius 1 is 1.33 bits per heavy atom. The highest BCUT2D eigenvalue weighted by molar-refractivity contribution is 7.09. The van der Waals surface area contributed by atoms with Crippen molar-refractivity contribution in [2.24, 2.45) is 5.73 Å². The maximum atomic E-state index is 13.7. The van der Waals surface area contributed by atoms with Crippen LogP contribution in [0, 0.1) is 5.82 Å². The minimum atomic E-state index is -0.351. The first kappa shape index (κ1) is 13.1. The van der Waals surface area contributed by atoms with Crippen molar-refractivity contribution in [2.45, 2.75) is 19.4 Å². The molecule has 1 aromatic heterocycles. The van der Waals surface area contributed by atoms with E-state index in [1.54, 1.807) is 23.5 Å². The number of thiophene rings is 1. The van der Waals surface area contributed by atoms with Crippen molar-refractivity contribution in [1.29, 1.82) is 0 Å². The standard InChI is InChI=1S/C14H16FNOS/c1-10(16)12-5-2-6-13(15)14(12)17-8-7-11-4-3-9-18-11/h2-6,9-10H,7-8,16H2,1H3/t10-/m0/s1. The summed E-state index contributed by atoms with van der Waals surface area (Å²) in [5, 5.41) is 2.02. The van der Waals surface area contributed by atoms with Crippen molar-refractivity contribution >= 4 is 11.3 Å². The Hall–Kier alpha value is -1.39. The zero-order valence-electron chi connectivity index (χ0n) is 10.2. The lowest BCUT2D eigenvalue weighted by molar-refractivity contribution is 0.301. The first-order valence-corrected chi connectivity index (χ1v) is 6.75. The average molecular weight is 265 g/mol. The summed E-state index contributed by atoms with van der Waals surface area (Å²) in [4.78, 5) is 1.23. The summed E-state index contributed by atoms with van der Waals surface area (Å²) in [5.41, 5.74) is 6.51. The highest BCUT2D eigenvalue weighted by Crippen LogP contribution is 2.27. The van der Waals surface area contributed by atoms with Gasteiger partial charge < -0.3 is 10.5 Å². The minimum Gasteiger partial charge on any atom is -0.490 e. The first-order chi connectivity index (χ1) is 8.68. The number of hydrogen-bond donors (Lipinski definition) is 1. The molecule has 0 radical (unpaired) electrons. The lowest BCUT2D eigenvalue weighted by atomic mass is 10.1. The third kappa shape index (κ3) is 3.09. The second-order valence-electron chi connectivity index (χ2n) is 4.12. The molecule has 0 saturated carbocycles. The normalized spacial score (nSPS) is 12.4. The fraction of sp³-hybridized carbons (Fsp3) is 0.286. The Morgan fingerprint density at radius 3 is 2.83 bits per heavy atom. The van der Waals surface area contributed by atoms with Crippen LogP contribution in [0.25, 0.3) is 0 Å². The molecule has 0 saturated heterocycles. The quantitative estimate of drug-likeness (QED) is 0.897. The molecular weight excluding hydrogens is 249 g/mol. The van der Waals surface area contributed by atoms with E-state index < -0.39 is 0 Å². The molecule has 0 aliphatic carbocycles. The summed E-state index contributed by atoms with van der Waals surface area (Å²) < 4.78 is 19.3. The summed E-state index contributed by atoms with van der Waals surface area (Å²) >= 11 is 1.67. The van der Waals surface area contributed by atoms with E-state index in [1.807, 2.05) is 24.4 Å². The SMILES string of the molecule is C[C@H](N)c1cccc(F)c1OCCc1cccs1. The van der Waals surface area contributed by atoms with Gasteiger partial charge in [-0.15, -0.1) is 11.3 Å². The molecule has 0 bridgehead atoms. The van der Waals surface area contributed by atoms with E-state index in [1.165, 1.54) is 10.9 Å². The molecule has 2 rings (SSSR count). The Bertz CT molecular complexity index is 497. The maximum absolute atomic E-state index is 13.7. The van der Waals surface area contributed by atoms with E-state index in [2.05, 4.69) is 0 Å². The topological polar surface area (TPSA) is 35.2 Å². The summed E-state index contributed by atoms with van der Waals surface area (Å²) in [6.45, 7) is 2.28. The number of rotatable bonds is 5. The van der Waals surface area contributed by atoms with Gasteiger partial charge in [0, 0.05) is 22.9 Å². The third-order valence-electron chi connectivity index (χ3n) is 2.66. The van der Waals surface area contributed by atoms with Crippen LogP contribution in [0.3, 0.4) is 0 Å². The van der Waals surface area contributed by atoms with Crippen LogP contribution in [0.5, 0.6) is 5.75 Å². The van der Waals surface area contributed by atoms with E-state index >= 15 is 0 Å². The predicted octanol–water partition coefficient (Wildman–Crippen LogP) is 3.53. The van der Waals surface area contributed by atoms with Gasteiger partial charge in [0.25, 0.3) is 0 Å². The largest absolute Gasteiger partial charge is 0.490 e. The summed E-state index contributed by atoms with van der Waals surface area (Å²) in [6.07, 6.45) is 0.782. The molecule has 0 amide bonds. The molecule has 1 aromatic carbocycles. The molecule has 0 aliphatic heterocycles. The van der Waals surface area contributed by atoms with E-state index in [4.69, 9.17) is 10.5 Å². The Balaban J connectivity index is 2.04. The predicted molar refractivity (Wildman–Crippen MR) is 72.5 cm³/mol. The Labute approximate surface area is 110 Å². The van der Waals surface area contributed by atoms with Crippen LogP contribution < -0.4 is 10.5 Å². The number of halogens is 1. The van der Waals surface area contributed by atoms with Crippen molar-refractivity contribution in [2.75, 3.05) is 6.61 Å². The van der Waals surface area contributed by atoms with Gasteiger partial charge in [0.15, 0.2) is 11.6 Å². The van der Waals surface area contributed by atoms with Crippen molar-refractivity contribution in [3.63, 3.8) is 0 Å². The molecule has 1 atom stereocenters. The lowest BCUT2D eigenvalue weighted by Crippen LogP contribution is -2.10. The molecule has 2 nitrogen and oxygen atoms in total. The van der Waals surface area contributed by atoms with Crippen LogP contribution in [0.2, 0.25) is 0 Å². The zero-order valence-corrected chi connectivity index (χ0v) is 11.0. The highest BCUT2D eigenvalue weighted by atomic mass is 32.1. The number of nitrogens with two attached hydrogens (primary N) is 1. The molecule has 0 fully saturated rings. The molecule has 2 N–H and O–H groups in total. The van der Waals surface area contributed by atoms with Gasteiger partial charge in [0.05, 0.1) is 6.61 Å². The Kier molecular flexibility index (Phi) is 4.33. The summed E-state index contributed by atoms with van der Waals surface area (Å²) in [7, 11) is 0. The second kappa shape index (κ2) is 5.98. The van der Waals surface area contributed by atoms with Gasteiger partial charge in [-0.3, -0.25) is 0 Å². The first-order valence-electron chi connectivity index (χ1n) is 5.87. The summed E-state index contributed by atoms with van der Waals surface area (Å²) in [5.74, 6) is -0.0694. The van der Waals surface area contributed by atoms with Gasteiger partial charge in [-0.1, -0.05) is 18.2 Å². The van der Waals surface area contributed by atoms with Crippen LogP contribution in [-0.4, -0.2) is 6.61 Å².